The monoisotopic (exact) mass is 490 g/mol. The van der Waals surface area contributed by atoms with Crippen LogP contribution in [0, 0.1) is 24.6 Å². The molecule has 0 radical (unpaired) electrons. The number of hydrogen-bond donors (Lipinski definition) is 2. The average molecular weight is 491 g/mol. The minimum absolute atomic E-state index is 0.0820. The number of likely N-dealkylation sites (tertiary alicyclic amines) is 1. The molecular weight excluding hydrogens is 466 g/mol. The summed E-state index contributed by atoms with van der Waals surface area (Å²) in [5, 5.41) is 2.93. The number of carbonyl (C=O) groups is 1. The first-order valence-corrected chi connectivity index (χ1v) is 11.3. The van der Waals surface area contributed by atoms with Crippen LogP contribution in [0.3, 0.4) is 0 Å². The second-order valence-corrected chi connectivity index (χ2v) is 9.29. The number of amides is 1. The summed E-state index contributed by atoms with van der Waals surface area (Å²) in [6, 6.07) is 0.928. The predicted molar refractivity (Wildman–Crippen MR) is 125 cm³/mol. The lowest BCUT2D eigenvalue weighted by molar-refractivity contribution is 0.0368. The lowest BCUT2D eigenvalue weighted by Gasteiger charge is -2.37. The Hall–Kier alpha value is -3.14. The summed E-state index contributed by atoms with van der Waals surface area (Å²) in [5.74, 6) is -1.04. The van der Waals surface area contributed by atoms with Crippen LogP contribution in [-0.2, 0) is 0 Å². The summed E-state index contributed by atoms with van der Waals surface area (Å²) in [5.41, 5.74) is 0.0640. The van der Waals surface area contributed by atoms with Crippen molar-refractivity contribution in [2.45, 2.75) is 39.9 Å². The second kappa shape index (κ2) is 9.25. The van der Waals surface area contributed by atoms with Crippen LogP contribution in [0.5, 0.6) is 0 Å². The Morgan fingerprint density at radius 2 is 1.88 bits per heavy atom. The Balaban J connectivity index is 1.53. The maximum Gasteiger partial charge on any atom is 0.258 e. The van der Waals surface area contributed by atoms with Crippen LogP contribution in [0.25, 0.3) is 10.9 Å². The van der Waals surface area contributed by atoms with E-state index in [-0.39, 0.29) is 51.0 Å². The third kappa shape index (κ3) is 4.46. The van der Waals surface area contributed by atoms with Gasteiger partial charge in [-0.15, -0.1) is 0 Å². The molecule has 0 saturated carbocycles. The molecule has 34 heavy (non-hydrogen) atoms. The molecular formula is C23H25ClF2N6O2. The molecule has 0 spiro atoms. The smallest absolute Gasteiger partial charge is 0.258 e. The Kier molecular flexibility index (Phi) is 6.53. The van der Waals surface area contributed by atoms with E-state index in [9.17, 15) is 18.4 Å². The van der Waals surface area contributed by atoms with Gasteiger partial charge in [0.1, 0.15) is 17.5 Å². The molecule has 1 aromatic carbocycles. The number of nitrogens with one attached hydrogen (secondary N) is 2. The molecule has 3 unspecified atom stereocenters. The van der Waals surface area contributed by atoms with Gasteiger partial charge in [0.25, 0.3) is 11.5 Å². The van der Waals surface area contributed by atoms with Gasteiger partial charge in [0.05, 0.1) is 22.0 Å². The van der Waals surface area contributed by atoms with Crippen molar-refractivity contribution < 1.29 is 13.6 Å². The summed E-state index contributed by atoms with van der Waals surface area (Å²) in [7, 11) is 0. The van der Waals surface area contributed by atoms with Gasteiger partial charge in [-0.05, 0) is 25.5 Å². The van der Waals surface area contributed by atoms with Gasteiger partial charge in [0.2, 0.25) is 5.95 Å². The molecule has 11 heteroatoms. The number of rotatable bonds is 4. The van der Waals surface area contributed by atoms with Gasteiger partial charge >= 0.3 is 0 Å². The van der Waals surface area contributed by atoms with E-state index in [0.717, 1.165) is 0 Å². The van der Waals surface area contributed by atoms with E-state index in [1.54, 1.807) is 32.6 Å². The topological polar surface area (TPSA) is 104 Å². The molecule has 8 nitrogen and oxygen atoms in total. The Morgan fingerprint density at radius 3 is 2.50 bits per heavy atom. The van der Waals surface area contributed by atoms with Gasteiger partial charge in [-0.3, -0.25) is 9.59 Å². The molecule has 4 rings (SSSR count). The fourth-order valence-corrected chi connectivity index (χ4v) is 4.63. The molecule has 3 atom stereocenters. The summed E-state index contributed by atoms with van der Waals surface area (Å²) in [6.07, 6.45) is 1.85. The van der Waals surface area contributed by atoms with Crippen LogP contribution in [0.4, 0.5) is 14.7 Å². The highest BCUT2D eigenvalue weighted by Gasteiger charge is 2.34. The molecule has 1 aliphatic rings. The zero-order valence-corrected chi connectivity index (χ0v) is 20.0. The van der Waals surface area contributed by atoms with Gasteiger partial charge in [0, 0.05) is 37.3 Å². The molecule has 0 bridgehead atoms. The lowest BCUT2D eigenvalue weighted by atomic mass is 9.89. The first kappa shape index (κ1) is 24.0. The SMILES string of the molecule is Cc1nc2c(F)c(Cl)c(C(C)Nc3ncc(C(=O)N4CC(C)C(F)C(C)C4)cn3)cc2c(=O)[nH]1. The standard InChI is InChI=1S/C23H25ClF2N6O2/c1-10-8-32(9-11(2)18(10)25)22(34)14-6-27-23(28-7-14)29-12(3)15-5-16-20(19(26)17(15)24)30-13(4)31-21(16)33/h5-7,10-12,18H,8-9H2,1-4H3,(H,27,28,29)(H,30,31,33). The second-order valence-electron chi connectivity index (χ2n) is 8.91. The highest BCUT2D eigenvalue weighted by molar-refractivity contribution is 6.32. The summed E-state index contributed by atoms with van der Waals surface area (Å²) < 4.78 is 28.9. The van der Waals surface area contributed by atoms with E-state index < -0.39 is 23.6 Å². The zero-order valence-electron chi connectivity index (χ0n) is 19.2. The van der Waals surface area contributed by atoms with Gasteiger partial charge in [-0.25, -0.2) is 23.7 Å². The van der Waals surface area contributed by atoms with Crippen molar-refractivity contribution in [3.63, 3.8) is 0 Å². The number of halogens is 3. The van der Waals surface area contributed by atoms with E-state index in [0.29, 0.717) is 18.7 Å². The molecule has 1 fully saturated rings. The molecule has 3 aromatic rings. The average Bonchev–Trinajstić information content (AvgIpc) is 2.79. The molecule has 1 aliphatic heterocycles. The van der Waals surface area contributed by atoms with Crippen molar-refractivity contribution in [3.8, 4) is 0 Å². The van der Waals surface area contributed by atoms with Crippen LogP contribution in [0.15, 0.2) is 23.3 Å². The molecule has 0 aliphatic carbocycles. The van der Waals surface area contributed by atoms with Crippen molar-refractivity contribution in [1.82, 2.24) is 24.8 Å². The maximum atomic E-state index is 14.8. The van der Waals surface area contributed by atoms with Crippen molar-refractivity contribution >= 4 is 34.4 Å². The predicted octanol–water partition coefficient (Wildman–Crippen LogP) is 4.05. The fraction of sp³-hybridized carbons (Fsp3) is 0.435. The summed E-state index contributed by atoms with van der Waals surface area (Å²) in [4.78, 5) is 41.7. The summed E-state index contributed by atoms with van der Waals surface area (Å²) >= 11 is 6.24. The van der Waals surface area contributed by atoms with Gasteiger partial charge in [-0.2, -0.15) is 0 Å². The van der Waals surface area contributed by atoms with E-state index in [4.69, 9.17) is 11.6 Å². The van der Waals surface area contributed by atoms with Gasteiger partial charge in [-0.1, -0.05) is 25.4 Å². The number of carbonyl (C=O) groups excluding carboxylic acids is 1. The molecule has 3 heterocycles. The lowest BCUT2D eigenvalue weighted by Crippen LogP contribution is -2.48. The number of hydrogen-bond acceptors (Lipinski definition) is 6. The van der Waals surface area contributed by atoms with Crippen LogP contribution in [0.1, 0.15) is 48.6 Å². The van der Waals surface area contributed by atoms with Crippen LogP contribution < -0.4 is 10.9 Å². The van der Waals surface area contributed by atoms with Gasteiger partial charge in [0.15, 0.2) is 5.82 Å². The Morgan fingerprint density at radius 1 is 1.26 bits per heavy atom. The normalized spacial score (nSPS) is 21.5. The van der Waals surface area contributed by atoms with E-state index in [1.807, 2.05) is 0 Å². The number of alkyl halides is 1. The number of fused-ring (bicyclic) bond motifs is 1. The minimum atomic E-state index is -0.935. The van der Waals surface area contributed by atoms with E-state index >= 15 is 0 Å². The number of nitrogens with zero attached hydrogens (tertiary/aromatic N) is 4. The van der Waals surface area contributed by atoms with Gasteiger partial charge < -0.3 is 15.2 Å². The number of aryl methyl sites for hydroxylation is 1. The highest BCUT2D eigenvalue weighted by Crippen LogP contribution is 2.31. The minimum Gasteiger partial charge on any atom is -0.348 e. The summed E-state index contributed by atoms with van der Waals surface area (Å²) in [6.45, 7) is 7.52. The Bertz CT molecular complexity index is 1290. The van der Waals surface area contributed by atoms with Crippen molar-refractivity contribution in [2.75, 3.05) is 18.4 Å². The number of H-pyrrole nitrogens is 1. The number of anilines is 1. The first-order chi connectivity index (χ1) is 16.1. The number of piperidine rings is 1. The van der Waals surface area contributed by atoms with E-state index in [2.05, 4.69) is 25.3 Å². The van der Waals surface area contributed by atoms with E-state index in [1.165, 1.54) is 18.5 Å². The first-order valence-electron chi connectivity index (χ1n) is 11.0. The van der Waals surface area contributed by atoms with Crippen molar-refractivity contribution in [2.24, 2.45) is 11.8 Å². The fourth-order valence-electron chi connectivity index (χ4n) is 4.33. The largest absolute Gasteiger partial charge is 0.348 e. The van der Waals surface area contributed by atoms with Crippen LogP contribution in [-0.4, -0.2) is 50.0 Å². The van der Waals surface area contributed by atoms with Crippen LogP contribution in [0.2, 0.25) is 5.02 Å². The molecule has 1 amide bonds. The zero-order chi connectivity index (χ0) is 24.7. The molecule has 2 N–H and O–H groups in total. The van der Waals surface area contributed by atoms with Crippen LogP contribution >= 0.6 is 11.6 Å². The quantitative estimate of drug-likeness (QED) is 0.571. The third-order valence-corrected chi connectivity index (χ3v) is 6.51. The Labute approximate surface area is 199 Å². The maximum absolute atomic E-state index is 14.8. The molecule has 1 saturated heterocycles. The molecule has 180 valence electrons. The number of benzene rings is 1. The van der Waals surface area contributed by atoms with Crippen molar-refractivity contribution in [1.29, 1.82) is 0 Å². The third-order valence-electron chi connectivity index (χ3n) is 6.13. The number of aromatic nitrogens is 4. The van der Waals surface area contributed by atoms with Crippen molar-refractivity contribution in [3.05, 3.63) is 56.6 Å². The molecule has 2 aromatic heterocycles. The number of aromatic amines is 1. The highest BCUT2D eigenvalue weighted by atomic mass is 35.5.